The lowest BCUT2D eigenvalue weighted by atomic mass is 10.1. The molecule has 3 rings (SSSR count). The van der Waals surface area contributed by atoms with E-state index in [0.29, 0.717) is 11.4 Å². The van der Waals surface area contributed by atoms with E-state index in [1.807, 2.05) is 12.1 Å². The molecule has 7 nitrogen and oxygen atoms in total. The van der Waals surface area contributed by atoms with E-state index >= 15 is 0 Å². The fraction of sp³-hybridized carbons (Fsp3) is 0.381. The van der Waals surface area contributed by atoms with E-state index in [-0.39, 0.29) is 22.6 Å². The molecule has 1 heterocycles. The van der Waals surface area contributed by atoms with Crippen LogP contribution in [0.2, 0.25) is 5.02 Å². The Balaban J connectivity index is 1.63. The molecule has 0 bridgehead atoms. The first-order chi connectivity index (χ1) is 14.1. The van der Waals surface area contributed by atoms with Gasteiger partial charge in [0.15, 0.2) is 0 Å². The molecule has 0 radical (unpaired) electrons. The van der Waals surface area contributed by atoms with Gasteiger partial charge in [-0.2, -0.15) is 0 Å². The van der Waals surface area contributed by atoms with Crippen LogP contribution in [0.15, 0.2) is 42.5 Å². The van der Waals surface area contributed by atoms with Gasteiger partial charge >= 0.3 is 0 Å². The smallest absolute Gasteiger partial charge is 0.257 e. The number of anilines is 2. The van der Waals surface area contributed by atoms with E-state index in [2.05, 4.69) is 17.3 Å². The van der Waals surface area contributed by atoms with Crippen molar-refractivity contribution in [2.75, 3.05) is 43.1 Å². The molecular formula is C21H26ClN3O4S. The summed E-state index contributed by atoms with van der Waals surface area (Å²) in [5, 5.41) is 2.97. The summed E-state index contributed by atoms with van der Waals surface area (Å²) >= 11 is 6.22. The van der Waals surface area contributed by atoms with Crippen molar-refractivity contribution in [2.24, 2.45) is 0 Å². The highest BCUT2D eigenvalue weighted by atomic mass is 35.5. The van der Waals surface area contributed by atoms with Crippen molar-refractivity contribution in [3.63, 3.8) is 0 Å². The van der Waals surface area contributed by atoms with Crippen molar-refractivity contribution in [1.29, 1.82) is 0 Å². The maximum atomic E-state index is 12.6. The highest BCUT2D eigenvalue weighted by Gasteiger charge is 2.19. The summed E-state index contributed by atoms with van der Waals surface area (Å²) in [6.07, 6.45) is 3.31. The molecule has 1 N–H and O–H groups in total. The first-order valence-electron chi connectivity index (χ1n) is 9.63. The third-order valence-electron chi connectivity index (χ3n) is 5.14. The molecule has 2 aromatic carbocycles. The minimum atomic E-state index is -3.41. The number of nitrogens with one attached hydrogen (secondary N) is 1. The molecule has 0 unspecified atom stereocenters. The maximum absolute atomic E-state index is 12.6. The summed E-state index contributed by atoms with van der Waals surface area (Å²) in [6.45, 7) is 2.05. The van der Waals surface area contributed by atoms with Crippen LogP contribution < -0.4 is 14.4 Å². The van der Waals surface area contributed by atoms with Crippen LogP contribution in [0.5, 0.6) is 5.75 Å². The molecule has 162 valence electrons. The quantitative estimate of drug-likeness (QED) is 0.727. The Morgan fingerprint density at radius 2 is 1.80 bits per heavy atom. The van der Waals surface area contributed by atoms with Gasteiger partial charge in [-0.15, -0.1) is 0 Å². The summed E-state index contributed by atoms with van der Waals surface area (Å²) in [4.78, 5) is 14.9. The van der Waals surface area contributed by atoms with Gasteiger partial charge in [0.25, 0.3) is 5.91 Å². The summed E-state index contributed by atoms with van der Waals surface area (Å²) < 4.78 is 30.4. The van der Waals surface area contributed by atoms with Crippen LogP contribution in [0.3, 0.4) is 0 Å². The molecule has 1 fully saturated rings. The van der Waals surface area contributed by atoms with Crippen LogP contribution >= 0.6 is 11.6 Å². The first-order valence-corrected chi connectivity index (χ1v) is 11.9. The molecule has 2 aromatic rings. The minimum absolute atomic E-state index is 0.169. The van der Waals surface area contributed by atoms with Gasteiger partial charge in [-0.25, -0.2) is 8.42 Å². The van der Waals surface area contributed by atoms with Crippen molar-refractivity contribution < 1.29 is 17.9 Å². The van der Waals surface area contributed by atoms with Crippen molar-refractivity contribution in [3.05, 3.63) is 53.1 Å². The first kappa shape index (κ1) is 22.4. The van der Waals surface area contributed by atoms with Crippen LogP contribution in [-0.2, 0) is 10.0 Å². The largest absolute Gasteiger partial charge is 0.490 e. The van der Waals surface area contributed by atoms with Crippen molar-refractivity contribution >= 4 is 38.9 Å². The van der Waals surface area contributed by atoms with Gasteiger partial charge < -0.3 is 15.0 Å². The number of amides is 1. The van der Waals surface area contributed by atoms with Crippen LogP contribution in [0.25, 0.3) is 0 Å². The number of halogens is 1. The number of piperidine rings is 1. The lowest BCUT2D eigenvalue weighted by molar-refractivity contribution is 0.102. The summed E-state index contributed by atoms with van der Waals surface area (Å²) in [6, 6.07) is 11.7. The van der Waals surface area contributed by atoms with Gasteiger partial charge in [0.2, 0.25) is 10.0 Å². The highest BCUT2D eigenvalue weighted by Crippen LogP contribution is 2.26. The second kappa shape index (κ2) is 9.24. The SMILES string of the molecule is CN1CCC(Oc2ccc(NC(=O)c3ccc(N(C)S(C)(=O)=O)cc3Cl)cc2)CC1. The molecule has 0 aromatic heterocycles. The van der Waals surface area contributed by atoms with E-state index in [1.54, 1.807) is 18.2 Å². The van der Waals surface area contributed by atoms with Crippen LogP contribution in [0.4, 0.5) is 11.4 Å². The van der Waals surface area contributed by atoms with Crippen LogP contribution in [0.1, 0.15) is 23.2 Å². The lowest BCUT2D eigenvalue weighted by Crippen LogP contribution is -2.35. The topological polar surface area (TPSA) is 79.0 Å². The molecule has 1 saturated heterocycles. The number of hydrogen-bond acceptors (Lipinski definition) is 5. The Hall–Kier alpha value is -2.29. The summed E-state index contributed by atoms with van der Waals surface area (Å²) in [7, 11) is 0.123. The third kappa shape index (κ3) is 5.65. The number of hydrogen-bond donors (Lipinski definition) is 1. The maximum Gasteiger partial charge on any atom is 0.257 e. The van der Waals surface area contributed by atoms with Gasteiger partial charge in [-0.05, 0) is 62.4 Å². The molecule has 30 heavy (non-hydrogen) atoms. The Kier molecular flexibility index (Phi) is 6.90. The summed E-state index contributed by atoms with van der Waals surface area (Å²) in [5.74, 6) is 0.395. The van der Waals surface area contributed by atoms with Crippen LogP contribution in [0, 0.1) is 0 Å². The Bertz CT molecular complexity index is 1000. The number of likely N-dealkylation sites (tertiary alicyclic amines) is 1. The standard InChI is InChI=1S/C21H26ClN3O4S/c1-24-12-10-18(11-13-24)29-17-7-4-15(5-8-17)23-21(26)19-9-6-16(14-20(19)22)25(2)30(3,27)28/h4-9,14,18H,10-13H2,1-3H3,(H,23,26). The van der Waals surface area contributed by atoms with E-state index < -0.39 is 10.0 Å². The second-order valence-corrected chi connectivity index (χ2v) is 9.91. The zero-order valence-corrected chi connectivity index (χ0v) is 18.8. The Morgan fingerprint density at radius 3 is 2.37 bits per heavy atom. The fourth-order valence-corrected chi connectivity index (χ4v) is 3.94. The number of nitrogens with zero attached hydrogens (tertiary/aromatic N) is 2. The molecule has 0 aliphatic carbocycles. The number of benzene rings is 2. The summed E-state index contributed by atoms with van der Waals surface area (Å²) in [5.41, 5.74) is 1.26. The minimum Gasteiger partial charge on any atom is -0.490 e. The zero-order chi connectivity index (χ0) is 21.9. The number of rotatable bonds is 6. The predicted molar refractivity (Wildman–Crippen MR) is 120 cm³/mol. The number of ether oxygens (including phenoxy) is 1. The zero-order valence-electron chi connectivity index (χ0n) is 17.3. The van der Waals surface area contributed by atoms with Crippen molar-refractivity contribution in [1.82, 2.24) is 4.90 Å². The molecule has 1 aliphatic heterocycles. The second-order valence-electron chi connectivity index (χ2n) is 7.49. The molecular weight excluding hydrogens is 426 g/mol. The molecule has 0 saturated carbocycles. The van der Waals surface area contributed by atoms with Gasteiger partial charge in [-0.3, -0.25) is 9.10 Å². The third-order valence-corrected chi connectivity index (χ3v) is 6.66. The number of sulfonamides is 1. The van der Waals surface area contributed by atoms with E-state index in [9.17, 15) is 13.2 Å². The van der Waals surface area contributed by atoms with Gasteiger partial charge in [0.05, 0.1) is 22.5 Å². The Labute approximate surface area is 182 Å². The fourth-order valence-electron chi connectivity index (χ4n) is 3.19. The van der Waals surface area contributed by atoms with Gasteiger partial charge in [0.1, 0.15) is 11.9 Å². The molecule has 0 atom stereocenters. The van der Waals surface area contributed by atoms with E-state index in [4.69, 9.17) is 16.3 Å². The van der Waals surface area contributed by atoms with Crippen molar-refractivity contribution in [2.45, 2.75) is 18.9 Å². The average molecular weight is 452 g/mol. The van der Waals surface area contributed by atoms with Gasteiger partial charge in [0, 0.05) is 25.8 Å². The molecule has 9 heteroatoms. The van der Waals surface area contributed by atoms with E-state index in [1.165, 1.54) is 19.2 Å². The normalized spacial score (nSPS) is 15.6. The highest BCUT2D eigenvalue weighted by molar-refractivity contribution is 7.92. The van der Waals surface area contributed by atoms with E-state index in [0.717, 1.165) is 42.2 Å². The van der Waals surface area contributed by atoms with Crippen LogP contribution in [-0.4, -0.2) is 58.8 Å². The lowest BCUT2D eigenvalue weighted by Gasteiger charge is -2.29. The Morgan fingerprint density at radius 1 is 1.17 bits per heavy atom. The molecule has 1 aliphatic rings. The predicted octanol–water partition coefficient (Wildman–Crippen LogP) is 3.46. The van der Waals surface area contributed by atoms with Crippen molar-refractivity contribution in [3.8, 4) is 5.75 Å². The molecule has 1 amide bonds. The molecule has 0 spiro atoms. The average Bonchev–Trinajstić information content (AvgIpc) is 2.69. The van der Waals surface area contributed by atoms with Gasteiger partial charge in [-0.1, -0.05) is 11.6 Å². The number of carbonyl (C=O) groups is 1. The monoisotopic (exact) mass is 451 g/mol. The number of carbonyl (C=O) groups excluding carboxylic acids is 1.